The highest BCUT2D eigenvalue weighted by Gasteiger charge is 2.35. The molecule has 0 saturated carbocycles. The van der Waals surface area contributed by atoms with Gasteiger partial charge in [0.2, 0.25) is 0 Å². The summed E-state index contributed by atoms with van der Waals surface area (Å²) in [6.07, 6.45) is 0. The third-order valence-electron chi connectivity index (χ3n) is 4.50. The maximum atomic E-state index is 12.5. The van der Waals surface area contributed by atoms with E-state index in [9.17, 15) is 4.79 Å². The van der Waals surface area contributed by atoms with E-state index >= 15 is 0 Å². The zero-order valence-electron chi connectivity index (χ0n) is 13.8. The first kappa shape index (κ1) is 19.6. The Hall–Kier alpha value is -1.75. The third-order valence-corrected chi connectivity index (χ3v) is 4.75. The Balaban J connectivity index is 0.00000225. The van der Waals surface area contributed by atoms with E-state index in [1.807, 2.05) is 23.1 Å². The molecule has 1 saturated heterocycles. The number of carbonyl (C=O) groups excluding carboxylic acids is 1. The van der Waals surface area contributed by atoms with E-state index in [4.69, 9.17) is 22.1 Å². The number of benzene rings is 2. The molecular formula is C19H22Cl2N2O2. The maximum Gasteiger partial charge on any atom is 0.260 e. The Kier molecular flexibility index (Phi) is 7.12. The molecule has 0 aliphatic carbocycles. The van der Waals surface area contributed by atoms with Crippen LogP contribution in [-0.4, -0.2) is 37.0 Å². The van der Waals surface area contributed by atoms with E-state index in [2.05, 4.69) is 12.1 Å². The van der Waals surface area contributed by atoms with Crippen LogP contribution in [0.4, 0.5) is 0 Å². The minimum absolute atomic E-state index is 0. The number of ether oxygens (including phenoxy) is 1. The molecule has 2 atom stereocenters. The van der Waals surface area contributed by atoms with Gasteiger partial charge in [0.05, 0.1) is 0 Å². The molecule has 1 heterocycles. The van der Waals surface area contributed by atoms with Gasteiger partial charge in [-0.15, -0.1) is 12.4 Å². The van der Waals surface area contributed by atoms with Gasteiger partial charge >= 0.3 is 0 Å². The fraction of sp³-hybridized carbons (Fsp3) is 0.316. The second kappa shape index (κ2) is 9.09. The van der Waals surface area contributed by atoms with E-state index in [0.717, 1.165) is 0 Å². The minimum atomic E-state index is -0.0122. The molecule has 0 radical (unpaired) electrons. The van der Waals surface area contributed by atoms with Crippen LogP contribution in [0.2, 0.25) is 5.02 Å². The Labute approximate surface area is 159 Å². The van der Waals surface area contributed by atoms with Gasteiger partial charge in [0, 0.05) is 24.0 Å². The molecule has 1 aliphatic rings. The van der Waals surface area contributed by atoms with E-state index < -0.39 is 0 Å². The van der Waals surface area contributed by atoms with Gasteiger partial charge in [0.25, 0.3) is 5.91 Å². The lowest BCUT2D eigenvalue weighted by molar-refractivity contribution is -0.132. The van der Waals surface area contributed by atoms with Crippen molar-refractivity contribution in [1.29, 1.82) is 0 Å². The predicted octanol–water partition coefficient (Wildman–Crippen LogP) is 3.34. The summed E-state index contributed by atoms with van der Waals surface area (Å²) in [7, 11) is 0. The van der Waals surface area contributed by atoms with Crippen molar-refractivity contribution in [3.63, 3.8) is 0 Å². The Morgan fingerprint density at radius 3 is 2.44 bits per heavy atom. The minimum Gasteiger partial charge on any atom is -0.484 e. The van der Waals surface area contributed by atoms with Crippen LogP contribution >= 0.6 is 24.0 Å². The number of halogens is 2. The number of likely N-dealkylation sites (tertiary alicyclic amines) is 1. The Morgan fingerprint density at radius 2 is 1.80 bits per heavy atom. The number of rotatable bonds is 5. The van der Waals surface area contributed by atoms with Crippen molar-refractivity contribution in [1.82, 2.24) is 4.90 Å². The van der Waals surface area contributed by atoms with E-state index in [0.29, 0.717) is 30.4 Å². The summed E-state index contributed by atoms with van der Waals surface area (Å²) in [6.45, 7) is 1.97. The van der Waals surface area contributed by atoms with Crippen molar-refractivity contribution in [2.24, 2.45) is 11.7 Å². The fourth-order valence-electron chi connectivity index (χ4n) is 3.16. The Bertz CT molecular complexity index is 680. The fourth-order valence-corrected chi connectivity index (χ4v) is 3.28. The molecule has 1 amide bonds. The molecule has 134 valence electrons. The van der Waals surface area contributed by atoms with Crippen LogP contribution < -0.4 is 10.5 Å². The summed E-state index contributed by atoms with van der Waals surface area (Å²) in [5.41, 5.74) is 7.16. The molecular weight excluding hydrogens is 359 g/mol. The van der Waals surface area contributed by atoms with Gasteiger partial charge in [-0.25, -0.2) is 0 Å². The standard InChI is InChI=1S/C19H21ClN2O2.ClH/c20-16-6-8-17(9-7-16)24-13-19(23)22-11-15(10-21)18(12-22)14-4-2-1-3-5-14;/h1-9,15,18H,10-13,21H2;1H/t15-,18+;/m1./s1. The van der Waals surface area contributed by atoms with Crippen molar-refractivity contribution >= 4 is 29.9 Å². The quantitative estimate of drug-likeness (QED) is 0.864. The zero-order chi connectivity index (χ0) is 16.9. The van der Waals surface area contributed by atoms with Gasteiger partial charge < -0.3 is 15.4 Å². The SMILES string of the molecule is Cl.NC[C@@H]1CN(C(=O)COc2ccc(Cl)cc2)C[C@H]1c1ccccc1. The first-order valence-electron chi connectivity index (χ1n) is 8.08. The molecule has 0 spiro atoms. The van der Waals surface area contributed by atoms with Gasteiger partial charge in [0.15, 0.2) is 6.61 Å². The smallest absolute Gasteiger partial charge is 0.260 e. The molecule has 25 heavy (non-hydrogen) atoms. The molecule has 6 heteroatoms. The van der Waals surface area contributed by atoms with Gasteiger partial charge in [-0.3, -0.25) is 4.79 Å². The van der Waals surface area contributed by atoms with Crippen molar-refractivity contribution in [2.75, 3.05) is 26.2 Å². The van der Waals surface area contributed by atoms with Crippen LogP contribution in [0.25, 0.3) is 0 Å². The topological polar surface area (TPSA) is 55.6 Å². The second-order valence-corrected chi connectivity index (χ2v) is 6.49. The molecule has 1 fully saturated rings. The molecule has 0 aromatic heterocycles. The van der Waals surface area contributed by atoms with Gasteiger partial charge in [-0.1, -0.05) is 41.9 Å². The van der Waals surface area contributed by atoms with Crippen molar-refractivity contribution in [2.45, 2.75) is 5.92 Å². The highest BCUT2D eigenvalue weighted by atomic mass is 35.5. The summed E-state index contributed by atoms with van der Waals surface area (Å²) < 4.78 is 5.56. The Morgan fingerprint density at radius 1 is 1.12 bits per heavy atom. The summed E-state index contributed by atoms with van der Waals surface area (Å²) >= 11 is 5.84. The summed E-state index contributed by atoms with van der Waals surface area (Å²) in [5, 5.41) is 0.643. The number of hydrogen-bond acceptors (Lipinski definition) is 3. The molecule has 0 bridgehead atoms. The molecule has 4 nitrogen and oxygen atoms in total. The van der Waals surface area contributed by atoms with Crippen LogP contribution in [0.15, 0.2) is 54.6 Å². The molecule has 2 aromatic carbocycles. The van der Waals surface area contributed by atoms with Crippen LogP contribution in [-0.2, 0) is 4.79 Å². The maximum absolute atomic E-state index is 12.5. The van der Waals surface area contributed by atoms with Crippen molar-refractivity contribution in [3.8, 4) is 5.75 Å². The summed E-state index contributed by atoms with van der Waals surface area (Å²) in [4.78, 5) is 14.3. The number of carbonyl (C=O) groups is 1. The lowest BCUT2D eigenvalue weighted by Crippen LogP contribution is -2.33. The molecule has 2 N–H and O–H groups in total. The van der Waals surface area contributed by atoms with Gasteiger partial charge in [-0.2, -0.15) is 0 Å². The number of hydrogen-bond donors (Lipinski definition) is 1. The number of nitrogens with zero attached hydrogens (tertiary/aromatic N) is 1. The highest BCUT2D eigenvalue weighted by Crippen LogP contribution is 2.32. The highest BCUT2D eigenvalue weighted by molar-refractivity contribution is 6.30. The average Bonchev–Trinajstić information content (AvgIpc) is 3.06. The molecule has 1 aliphatic heterocycles. The van der Waals surface area contributed by atoms with Crippen LogP contribution in [0.1, 0.15) is 11.5 Å². The van der Waals surface area contributed by atoms with Crippen molar-refractivity contribution < 1.29 is 9.53 Å². The lowest BCUT2D eigenvalue weighted by atomic mass is 9.89. The van der Waals surface area contributed by atoms with Crippen molar-refractivity contribution in [3.05, 3.63) is 65.2 Å². The van der Waals surface area contributed by atoms with E-state index in [1.165, 1.54) is 5.56 Å². The molecule has 3 rings (SSSR count). The zero-order valence-corrected chi connectivity index (χ0v) is 15.4. The number of amides is 1. The summed E-state index contributed by atoms with van der Waals surface area (Å²) in [5.74, 6) is 1.20. The van der Waals surface area contributed by atoms with Crippen LogP contribution in [0, 0.1) is 5.92 Å². The normalized spacial score (nSPS) is 19.4. The monoisotopic (exact) mass is 380 g/mol. The molecule has 2 aromatic rings. The predicted molar refractivity (Wildman–Crippen MR) is 103 cm³/mol. The largest absolute Gasteiger partial charge is 0.484 e. The van der Waals surface area contributed by atoms with E-state index in [1.54, 1.807) is 24.3 Å². The van der Waals surface area contributed by atoms with Gasteiger partial charge in [0.1, 0.15) is 5.75 Å². The van der Waals surface area contributed by atoms with Crippen LogP contribution in [0.5, 0.6) is 5.75 Å². The lowest BCUT2D eigenvalue weighted by Gasteiger charge is -2.17. The second-order valence-electron chi connectivity index (χ2n) is 6.05. The first-order valence-corrected chi connectivity index (χ1v) is 8.46. The average molecular weight is 381 g/mol. The third kappa shape index (κ3) is 4.88. The first-order chi connectivity index (χ1) is 11.7. The van der Waals surface area contributed by atoms with E-state index in [-0.39, 0.29) is 36.8 Å². The summed E-state index contributed by atoms with van der Waals surface area (Å²) in [6, 6.07) is 17.3. The van der Waals surface area contributed by atoms with Gasteiger partial charge in [-0.05, 0) is 42.3 Å². The number of nitrogens with two attached hydrogens (primary N) is 1. The molecule has 0 unspecified atom stereocenters. The van der Waals surface area contributed by atoms with Crippen LogP contribution in [0.3, 0.4) is 0 Å².